The number of methoxy groups -OCH3 is 1. The summed E-state index contributed by atoms with van der Waals surface area (Å²) in [5.41, 5.74) is 2.95. The Morgan fingerprint density at radius 3 is 2.59 bits per heavy atom. The van der Waals surface area contributed by atoms with Gasteiger partial charge in [0.05, 0.1) is 19.3 Å². The SMILES string of the molecule is COc1ccc(N(Cc2ccccc2)Cc2cc(=O)n3ccsc3n2)cc1. The van der Waals surface area contributed by atoms with E-state index in [1.54, 1.807) is 23.8 Å². The molecule has 6 heteroatoms. The summed E-state index contributed by atoms with van der Waals surface area (Å²) in [5.74, 6) is 0.815. The molecular formula is C21H19N3O2S. The second-order valence-electron chi connectivity index (χ2n) is 6.18. The molecule has 4 aromatic rings. The fraction of sp³-hybridized carbons (Fsp3) is 0.143. The van der Waals surface area contributed by atoms with Crippen molar-refractivity contribution < 1.29 is 4.74 Å². The number of rotatable bonds is 6. The summed E-state index contributed by atoms with van der Waals surface area (Å²) in [6.07, 6.45) is 1.75. The highest BCUT2D eigenvalue weighted by atomic mass is 32.1. The van der Waals surface area contributed by atoms with Crippen LogP contribution in [0.25, 0.3) is 4.96 Å². The molecule has 136 valence electrons. The molecule has 2 aromatic carbocycles. The van der Waals surface area contributed by atoms with Crippen molar-refractivity contribution in [3.05, 3.63) is 93.9 Å². The number of ether oxygens (including phenoxy) is 1. The molecule has 5 nitrogen and oxygen atoms in total. The van der Waals surface area contributed by atoms with E-state index < -0.39 is 0 Å². The minimum Gasteiger partial charge on any atom is -0.497 e. The van der Waals surface area contributed by atoms with Gasteiger partial charge in [-0.2, -0.15) is 0 Å². The number of benzene rings is 2. The number of hydrogen-bond donors (Lipinski definition) is 0. The number of aromatic nitrogens is 2. The van der Waals surface area contributed by atoms with Gasteiger partial charge >= 0.3 is 0 Å². The van der Waals surface area contributed by atoms with Gasteiger partial charge in [-0.1, -0.05) is 30.3 Å². The zero-order valence-corrected chi connectivity index (χ0v) is 15.7. The molecule has 2 aromatic heterocycles. The second-order valence-corrected chi connectivity index (χ2v) is 7.05. The third-order valence-electron chi connectivity index (χ3n) is 4.36. The molecule has 0 atom stereocenters. The summed E-state index contributed by atoms with van der Waals surface area (Å²) in [4.78, 5) is 19.9. The van der Waals surface area contributed by atoms with Crippen LogP contribution in [0, 0.1) is 0 Å². The first-order valence-electron chi connectivity index (χ1n) is 8.61. The van der Waals surface area contributed by atoms with Crippen LogP contribution >= 0.6 is 11.3 Å². The Balaban J connectivity index is 1.68. The van der Waals surface area contributed by atoms with E-state index in [9.17, 15) is 4.79 Å². The Morgan fingerprint density at radius 1 is 1.07 bits per heavy atom. The monoisotopic (exact) mass is 377 g/mol. The maximum atomic E-state index is 12.3. The van der Waals surface area contributed by atoms with Gasteiger partial charge in [-0.05, 0) is 29.8 Å². The van der Waals surface area contributed by atoms with Gasteiger partial charge in [-0.3, -0.25) is 9.20 Å². The summed E-state index contributed by atoms with van der Waals surface area (Å²) in [6, 6.07) is 19.8. The summed E-state index contributed by atoms with van der Waals surface area (Å²) in [7, 11) is 1.66. The van der Waals surface area contributed by atoms with Crippen molar-refractivity contribution in [3.63, 3.8) is 0 Å². The van der Waals surface area contributed by atoms with Crippen LogP contribution in [0.3, 0.4) is 0 Å². The molecule has 0 radical (unpaired) electrons. The Hall–Kier alpha value is -3.12. The maximum absolute atomic E-state index is 12.3. The number of hydrogen-bond acceptors (Lipinski definition) is 5. The standard InChI is InChI=1S/C21H19N3O2S/c1-26-19-9-7-18(8-10-19)23(14-16-5-3-2-4-6-16)15-17-13-20(25)24-11-12-27-21(24)22-17/h2-13H,14-15H2,1H3. The molecule has 2 heterocycles. The summed E-state index contributed by atoms with van der Waals surface area (Å²) >= 11 is 1.46. The second kappa shape index (κ2) is 7.63. The highest BCUT2D eigenvalue weighted by Crippen LogP contribution is 2.23. The predicted molar refractivity (Wildman–Crippen MR) is 109 cm³/mol. The van der Waals surface area contributed by atoms with Gasteiger partial charge in [-0.25, -0.2) is 4.98 Å². The lowest BCUT2D eigenvalue weighted by atomic mass is 10.2. The number of nitrogens with zero attached hydrogens (tertiary/aromatic N) is 3. The molecule has 0 unspecified atom stereocenters. The van der Waals surface area contributed by atoms with Crippen LogP contribution in [0.2, 0.25) is 0 Å². The van der Waals surface area contributed by atoms with Crippen molar-refractivity contribution in [2.75, 3.05) is 12.0 Å². The van der Waals surface area contributed by atoms with Crippen molar-refractivity contribution in [1.82, 2.24) is 9.38 Å². The molecule has 0 spiro atoms. The molecular weight excluding hydrogens is 358 g/mol. The average molecular weight is 377 g/mol. The Morgan fingerprint density at radius 2 is 1.85 bits per heavy atom. The molecule has 27 heavy (non-hydrogen) atoms. The van der Waals surface area contributed by atoms with Crippen LogP contribution in [-0.4, -0.2) is 16.5 Å². The molecule has 0 saturated heterocycles. The average Bonchev–Trinajstić information content (AvgIpc) is 3.18. The van der Waals surface area contributed by atoms with Crippen LogP contribution in [0.1, 0.15) is 11.3 Å². The van der Waals surface area contributed by atoms with E-state index >= 15 is 0 Å². The van der Waals surface area contributed by atoms with E-state index in [1.165, 1.54) is 16.9 Å². The maximum Gasteiger partial charge on any atom is 0.258 e. The van der Waals surface area contributed by atoms with Crippen molar-refractivity contribution >= 4 is 22.0 Å². The number of anilines is 1. The van der Waals surface area contributed by atoms with Gasteiger partial charge in [0.1, 0.15) is 5.75 Å². The van der Waals surface area contributed by atoms with Crippen LogP contribution in [-0.2, 0) is 13.1 Å². The summed E-state index contributed by atoms with van der Waals surface area (Å²) < 4.78 is 6.84. The zero-order valence-electron chi connectivity index (χ0n) is 14.9. The lowest BCUT2D eigenvalue weighted by molar-refractivity contribution is 0.415. The van der Waals surface area contributed by atoms with E-state index in [0.717, 1.165) is 23.7 Å². The lowest BCUT2D eigenvalue weighted by Gasteiger charge is -2.25. The minimum absolute atomic E-state index is 0.0503. The van der Waals surface area contributed by atoms with Crippen molar-refractivity contribution in [2.24, 2.45) is 0 Å². The first kappa shape index (κ1) is 17.3. The molecule has 4 rings (SSSR count). The topological polar surface area (TPSA) is 46.8 Å². The van der Waals surface area contributed by atoms with Crippen LogP contribution in [0.4, 0.5) is 5.69 Å². The minimum atomic E-state index is -0.0503. The van der Waals surface area contributed by atoms with Gasteiger partial charge in [0.2, 0.25) is 0 Å². The first-order valence-corrected chi connectivity index (χ1v) is 9.49. The molecule has 0 N–H and O–H groups in total. The molecule has 0 amide bonds. The Bertz CT molecular complexity index is 1090. The van der Waals surface area contributed by atoms with Crippen LogP contribution < -0.4 is 15.2 Å². The predicted octanol–water partition coefficient (Wildman–Crippen LogP) is 3.97. The van der Waals surface area contributed by atoms with E-state index in [1.807, 2.05) is 47.8 Å². The van der Waals surface area contributed by atoms with Crippen LogP contribution in [0.15, 0.2) is 77.0 Å². The fourth-order valence-corrected chi connectivity index (χ4v) is 3.74. The van der Waals surface area contributed by atoms with Gasteiger partial charge in [0, 0.05) is 29.9 Å². The van der Waals surface area contributed by atoms with Gasteiger partial charge in [-0.15, -0.1) is 11.3 Å². The van der Waals surface area contributed by atoms with E-state index in [-0.39, 0.29) is 5.56 Å². The Kier molecular flexibility index (Phi) is 4.89. The normalized spacial score (nSPS) is 10.9. The molecule has 0 aliphatic rings. The molecule has 0 fully saturated rings. The third kappa shape index (κ3) is 3.85. The van der Waals surface area contributed by atoms with Gasteiger partial charge < -0.3 is 9.64 Å². The molecule has 0 aliphatic heterocycles. The molecule has 0 aliphatic carbocycles. The van der Waals surface area contributed by atoms with Crippen molar-refractivity contribution in [1.29, 1.82) is 0 Å². The van der Waals surface area contributed by atoms with E-state index in [4.69, 9.17) is 4.74 Å². The molecule has 0 saturated carbocycles. The number of fused-ring (bicyclic) bond motifs is 1. The van der Waals surface area contributed by atoms with Crippen molar-refractivity contribution in [3.8, 4) is 5.75 Å². The Labute approximate surface area is 161 Å². The lowest BCUT2D eigenvalue weighted by Crippen LogP contribution is -2.24. The summed E-state index contributed by atoms with van der Waals surface area (Å²) in [6.45, 7) is 1.27. The smallest absolute Gasteiger partial charge is 0.258 e. The van der Waals surface area contributed by atoms with E-state index in [2.05, 4.69) is 22.0 Å². The van der Waals surface area contributed by atoms with Crippen molar-refractivity contribution in [2.45, 2.75) is 13.1 Å². The highest BCUT2D eigenvalue weighted by molar-refractivity contribution is 7.15. The summed E-state index contributed by atoms with van der Waals surface area (Å²) in [5, 5.41) is 1.87. The van der Waals surface area contributed by atoms with E-state index in [0.29, 0.717) is 11.5 Å². The van der Waals surface area contributed by atoms with Gasteiger partial charge in [0.25, 0.3) is 5.56 Å². The quantitative estimate of drug-likeness (QED) is 0.510. The largest absolute Gasteiger partial charge is 0.497 e. The fourth-order valence-electron chi connectivity index (χ4n) is 3.00. The van der Waals surface area contributed by atoms with Gasteiger partial charge in [0.15, 0.2) is 4.96 Å². The highest BCUT2D eigenvalue weighted by Gasteiger charge is 2.12. The van der Waals surface area contributed by atoms with Crippen LogP contribution in [0.5, 0.6) is 5.75 Å². The first-order chi connectivity index (χ1) is 13.2. The number of thiazole rings is 1. The zero-order chi connectivity index (χ0) is 18.6. The molecule has 0 bridgehead atoms. The third-order valence-corrected chi connectivity index (χ3v) is 5.12.